The molecule has 0 N–H and O–H groups in total. The van der Waals surface area contributed by atoms with E-state index in [-0.39, 0.29) is 12.4 Å². The van der Waals surface area contributed by atoms with Crippen LogP contribution in [0, 0.1) is 11.3 Å². The molecule has 0 aliphatic carbocycles. The molecule has 2 rings (SSSR count). The van der Waals surface area contributed by atoms with Gasteiger partial charge in [-0.3, -0.25) is 0 Å². The Labute approximate surface area is 172 Å². The highest BCUT2D eigenvalue weighted by molar-refractivity contribution is 9.10. The van der Waals surface area contributed by atoms with Crippen LogP contribution in [0.15, 0.2) is 40.9 Å². The van der Waals surface area contributed by atoms with E-state index in [9.17, 15) is 4.79 Å². The zero-order valence-electron chi connectivity index (χ0n) is 15.8. The van der Waals surface area contributed by atoms with E-state index in [0.717, 1.165) is 5.56 Å². The quantitative estimate of drug-likeness (QED) is 0.431. The SMILES string of the molecule is C/C=C/c1ccc(OCC(=O)Oc2c(Br)cc(C#N)cc2OCC)c(OC)c1. The van der Waals surface area contributed by atoms with E-state index >= 15 is 0 Å². The molecule has 0 fully saturated rings. The molecule has 0 saturated carbocycles. The number of hydrogen-bond donors (Lipinski definition) is 0. The number of methoxy groups -OCH3 is 1. The normalized spacial score (nSPS) is 10.4. The third kappa shape index (κ3) is 5.51. The molecule has 0 aliphatic heterocycles. The highest BCUT2D eigenvalue weighted by Gasteiger charge is 2.17. The van der Waals surface area contributed by atoms with E-state index in [1.54, 1.807) is 19.1 Å². The molecule has 0 spiro atoms. The van der Waals surface area contributed by atoms with Gasteiger partial charge in [-0.15, -0.1) is 0 Å². The molecule has 28 heavy (non-hydrogen) atoms. The van der Waals surface area contributed by atoms with E-state index in [2.05, 4.69) is 15.9 Å². The molecular weight excluding hydrogens is 426 g/mol. The fourth-order valence-corrected chi connectivity index (χ4v) is 2.90. The van der Waals surface area contributed by atoms with Crippen molar-refractivity contribution >= 4 is 28.0 Å². The first kappa shape index (κ1) is 21.3. The summed E-state index contributed by atoms with van der Waals surface area (Å²) in [7, 11) is 1.53. The molecule has 0 atom stereocenters. The Morgan fingerprint density at radius 1 is 1.18 bits per heavy atom. The Bertz CT molecular complexity index is 918. The molecule has 0 radical (unpaired) electrons. The number of benzene rings is 2. The van der Waals surface area contributed by atoms with Crippen molar-refractivity contribution in [3.05, 3.63) is 52.0 Å². The topological polar surface area (TPSA) is 77.8 Å². The van der Waals surface area contributed by atoms with Crippen molar-refractivity contribution in [3.63, 3.8) is 0 Å². The third-order valence-electron chi connectivity index (χ3n) is 3.55. The van der Waals surface area contributed by atoms with Gasteiger partial charge in [-0.05, 0) is 53.5 Å². The van der Waals surface area contributed by atoms with Crippen molar-refractivity contribution in [3.8, 4) is 29.1 Å². The van der Waals surface area contributed by atoms with Gasteiger partial charge in [0.05, 0.1) is 29.8 Å². The summed E-state index contributed by atoms with van der Waals surface area (Å²) in [4.78, 5) is 12.3. The first-order valence-corrected chi connectivity index (χ1v) is 9.32. The number of esters is 1. The molecule has 0 aliphatic rings. The standard InChI is InChI=1S/C21H20BrNO5/c1-4-6-14-7-8-17(18(10-14)25-3)27-13-20(24)28-21-16(22)9-15(12-23)11-19(21)26-5-2/h4,6-11H,5,13H2,1-3H3/b6-4+. The molecule has 0 heterocycles. The van der Waals surface area contributed by atoms with Gasteiger partial charge in [0.2, 0.25) is 0 Å². The lowest BCUT2D eigenvalue weighted by molar-refractivity contribution is -0.136. The van der Waals surface area contributed by atoms with Crippen molar-refractivity contribution in [2.75, 3.05) is 20.3 Å². The second-order valence-corrected chi connectivity index (χ2v) is 6.36. The second-order valence-electron chi connectivity index (χ2n) is 5.50. The molecule has 2 aromatic carbocycles. The lowest BCUT2D eigenvalue weighted by atomic mass is 10.2. The van der Waals surface area contributed by atoms with Crippen molar-refractivity contribution in [2.24, 2.45) is 0 Å². The number of nitrogens with zero attached hydrogens (tertiary/aromatic N) is 1. The average Bonchev–Trinajstić information content (AvgIpc) is 2.69. The number of rotatable bonds is 8. The largest absolute Gasteiger partial charge is 0.493 e. The van der Waals surface area contributed by atoms with Crippen molar-refractivity contribution < 1.29 is 23.7 Å². The minimum Gasteiger partial charge on any atom is -0.493 e. The van der Waals surface area contributed by atoms with Crippen LogP contribution < -0.4 is 18.9 Å². The summed E-state index contributed by atoms with van der Waals surface area (Å²) < 4.78 is 22.2. The Morgan fingerprint density at radius 2 is 1.96 bits per heavy atom. The predicted molar refractivity (Wildman–Crippen MR) is 109 cm³/mol. The molecule has 7 heteroatoms. The van der Waals surface area contributed by atoms with Crippen molar-refractivity contribution in [2.45, 2.75) is 13.8 Å². The molecule has 0 saturated heterocycles. The lowest BCUT2D eigenvalue weighted by Gasteiger charge is -2.14. The first-order chi connectivity index (χ1) is 13.5. The van der Waals surface area contributed by atoms with Gasteiger partial charge >= 0.3 is 5.97 Å². The summed E-state index contributed by atoms with van der Waals surface area (Å²) in [6.07, 6.45) is 3.84. The number of nitriles is 1. The summed E-state index contributed by atoms with van der Waals surface area (Å²) in [5.74, 6) is 0.820. The molecule has 0 bridgehead atoms. The van der Waals surface area contributed by atoms with Crippen LogP contribution in [0.25, 0.3) is 6.08 Å². The minimum atomic E-state index is -0.619. The number of carbonyl (C=O) groups excluding carboxylic acids is 1. The molecular formula is C21H20BrNO5. The van der Waals surface area contributed by atoms with Gasteiger partial charge in [0.1, 0.15) is 0 Å². The number of halogens is 1. The summed E-state index contributed by atoms with van der Waals surface area (Å²) in [6.45, 7) is 3.76. The zero-order chi connectivity index (χ0) is 20.5. The van der Waals surface area contributed by atoms with Crippen LogP contribution in [0.1, 0.15) is 25.0 Å². The Kier molecular flexibility index (Phi) is 7.90. The van der Waals surface area contributed by atoms with E-state index in [1.807, 2.05) is 37.3 Å². The van der Waals surface area contributed by atoms with Crippen LogP contribution in [0.2, 0.25) is 0 Å². The van der Waals surface area contributed by atoms with Crippen LogP contribution in [0.3, 0.4) is 0 Å². The van der Waals surface area contributed by atoms with Gasteiger partial charge in [0, 0.05) is 6.07 Å². The van der Waals surface area contributed by atoms with Crippen LogP contribution in [-0.2, 0) is 4.79 Å². The molecule has 0 aromatic heterocycles. The number of hydrogen-bond acceptors (Lipinski definition) is 6. The fourth-order valence-electron chi connectivity index (χ4n) is 2.37. The highest BCUT2D eigenvalue weighted by atomic mass is 79.9. The van der Waals surface area contributed by atoms with E-state index in [4.69, 9.17) is 24.2 Å². The smallest absolute Gasteiger partial charge is 0.349 e. The first-order valence-electron chi connectivity index (χ1n) is 8.53. The van der Waals surface area contributed by atoms with Crippen LogP contribution in [-0.4, -0.2) is 26.3 Å². The van der Waals surface area contributed by atoms with Crippen LogP contribution >= 0.6 is 15.9 Å². The Morgan fingerprint density at radius 3 is 2.61 bits per heavy atom. The van der Waals surface area contributed by atoms with Gasteiger partial charge < -0.3 is 18.9 Å². The molecule has 0 unspecified atom stereocenters. The maximum absolute atomic E-state index is 12.3. The number of allylic oxidation sites excluding steroid dienone is 1. The monoisotopic (exact) mass is 445 g/mol. The van der Waals surface area contributed by atoms with Gasteiger partial charge in [0.15, 0.2) is 29.6 Å². The lowest BCUT2D eigenvalue weighted by Crippen LogP contribution is -2.18. The average molecular weight is 446 g/mol. The fraction of sp³-hybridized carbons (Fsp3) is 0.238. The number of ether oxygens (including phenoxy) is 4. The second kappa shape index (κ2) is 10.4. The maximum atomic E-state index is 12.3. The van der Waals surface area contributed by atoms with Crippen molar-refractivity contribution in [1.82, 2.24) is 0 Å². The molecule has 2 aromatic rings. The van der Waals surface area contributed by atoms with Gasteiger partial charge in [-0.2, -0.15) is 5.26 Å². The van der Waals surface area contributed by atoms with Crippen molar-refractivity contribution in [1.29, 1.82) is 5.26 Å². The molecule has 0 amide bonds. The van der Waals surface area contributed by atoms with Crippen LogP contribution in [0.5, 0.6) is 23.0 Å². The summed E-state index contributed by atoms with van der Waals surface area (Å²) in [6, 6.07) is 10.5. The molecule has 6 nitrogen and oxygen atoms in total. The summed E-state index contributed by atoms with van der Waals surface area (Å²) in [5.41, 5.74) is 1.34. The van der Waals surface area contributed by atoms with Gasteiger partial charge in [-0.1, -0.05) is 18.2 Å². The zero-order valence-corrected chi connectivity index (χ0v) is 17.4. The van der Waals surface area contributed by atoms with Crippen LogP contribution in [0.4, 0.5) is 0 Å². The van der Waals surface area contributed by atoms with Gasteiger partial charge in [0.25, 0.3) is 0 Å². The van der Waals surface area contributed by atoms with E-state index in [0.29, 0.717) is 33.9 Å². The molecule has 146 valence electrons. The third-order valence-corrected chi connectivity index (χ3v) is 4.14. The van der Waals surface area contributed by atoms with Gasteiger partial charge in [-0.25, -0.2) is 4.79 Å². The highest BCUT2D eigenvalue weighted by Crippen LogP contribution is 2.37. The Balaban J connectivity index is 2.12. The predicted octanol–water partition coefficient (Wildman–Crippen LogP) is 4.75. The number of carbonyl (C=O) groups is 1. The summed E-state index contributed by atoms with van der Waals surface area (Å²) >= 11 is 3.30. The Hall–Kier alpha value is -2.98. The maximum Gasteiger partial charge on any atom is 0.349 e. The minimum absolute atomic E-state index is 0.199. The van der Waals surface area contributed by atoms with E-state index in [1.165, 1.54) is 13.2 Å². The summed E-state index contributed by atoms with van der Waals surface area (Å²) in [5, 5.41) is 9.07. The van der Waals surface area contributed by atoms with E-state index < -0.39 is 5.97 Å².